The quantitative estimate of drug-likeness (QED) is 0.538. The summed E-state index contributed by atoms with van der Waals surface area (Å²) in [6.07, 6.45) is 1.48. The minimum Gasteiger partial charge on any atom is -0.458 e. The lowest BCUT2D eigenvalue weighted by Crippen LogP contribution is -2.47. The Bertz CT molecular complexity index is 427. The van der Waals surface area contributed by atoms with Crippen LogP contribution in [-0.2, 0) is 19.1 Å². The largest absolute Gasteiger partial charge is 0.458 e. The average molecular weight is 236 g/mol. The summed E-state index contributed by atoms with van der Waals surface area (Å²) in [4.78, 5) is 23.3. The van der Waals surface area contributed by atoms with E-state index >= 15 is 0 Å². The first kappa shape index (κ1) is 10.8. The summed E-state index contributed by atoms with van der Waals surface area (Å²) in [5.41, 5.74) is -0.265. The van der Waals surface area contributed by atoms with Crippen LogP contribution in [0.25, 0.3) is 0 Å². The molecular weight excluding hydrogens is 220 g/mol. The Kier molecular flexibility index (Phi) is 1.98. The van der Waals surface area contributed by atoms with Gasteiger partial charge in [-0.2, -0.15) is 0 Å². The van der Waals surface area contributed by atoms with Crippen LogP contribution in [0.15, 0.2) is 12.2 Å². The van der Waals surface area contributed by atoms with Crippen LogP contribution >= 0.6 is 0 Å². The third-order valence-corrected chi connectivity index (χ3v) is 4.58. The molecule has 92 valence electrons. The zero-order valence-electron chi connectivity index (χ0n) is 10.1. The van der Waals surface area contributed by atoms with Gasteiger partial charge in [-0.05, 0) is 26.7 Å². The van der Waals surface area contributed by atoms with E-state index in [0.29, 0.717) is 5.57 Å². The Morgan fingerprint density at radius 2 is 2.24 bits per heavy atom. The molecule has 3 aliphatic rings. The summed E-state index contributed by atoms with van der Waals surface area (Å²) in [5, 5.41) is 0. The molecule has 2 saturated carbocycles. The number of fused-ring (bicyclic) bond motifs is 1. The second kappa shape index (κ2) is 3.12. The molecule has 3 unspecified atom stereocenters. The molecule has 2 bridgehead atoms. The summed E-state index contributed by atoms with van der Waals surface area (Å²) >= 11 is 0. The van der Waals surface area contributed by atoms with E-state index in [0.717, 1.165) is 12.8 Å². The van der Waals surface area contributed by atoms with Gasteiger partial charge in [-0.1, -0.05) is 6.58 Å². The molecule has 3 rings (SSSR count). The minimum atomic E-state index is -0.649. The first-order chi connectivity index (χ1) is 7.93. The predicted octanol–water partition coefficient (Wildman–Crippen LogP) is 1.45. The van der Waals surface area contributed by atoms with Crippen LogP contribution in [-0.4, -0.2) is 23.6 Å². The third kappa shape index (κ3) is 1.24. The molecule has 4 heteroatoms. The lowest BCUT2D eigenvalue weighted by molar-refractivity contribution is -0.175. The van der Waals surface area contributed by atoms with Crippen molar-refractivity contribution in [1.82, 2.24) is 0 Å². The maximum absolute atomic E-state index is 11.7. The van der Waals surface area contributed by atoms with Crippen molar-refractivity contribution in [2.45, 2.75) is 38.4 Å². The Morgan fingerprint density at radius 3 is 2.88 bits per heavy atom. The number of carbonyl (C=O) groups is 2. The summed E-state index contributed by atoms with van der Waals surface area (Å²) in [6.45, 7) is 7.10. The van der Waals surface area contributed by atoms with E-state index in [9.17, 15) is 9.59 Å². The van der Waals surface area contributed by atoms with E-state index in [1.807, 2.05) is 6.92 Å². The van der Waals surface area contributed by atoms with Crippen LogP contribution in [0.5, 0.6) is 0 Å². The van der Waals surface area contributed by atoms with Crippen LogP contribution in [0.4, 0.5) is 0 Å². The molecule has 2 aliphatic carbocycles. The van der Waals surface area contributed by atoms with Gasteiger partial charge in [-0.25, -0.2) is 4.79 Å². The van der Waals surface area contributed by atoms with E-state index in [2.05, 4.69) is 6.58 Å². The minimum absolute atomic E-state index is 0.0432. The molecule has 0 amide bonds. The first-order valence-electron chi connectivity index (χ1n) is 6.03. The highest BCUT2D eigenvalue weighted by Crippen LogP contribution is 2.60. The molecule has 0 aromatic heterocycles. The molecule has 3 fully saturated rings. The van der Waals surface area contributed by atoms with Crippen LogP contribution < -0.4 is 0 Å². The fourth-order valence-electron chi connectivity index (χ4n) is 3.65. The number of ether oxygens (including phenoxy) is 2. The highest BCUT2D eigenvalue weighted by molar-refractivity contribution is 5.87. The van der Waals surface area contributed by atoms with Crippen molar-refractivity contribution >= 4 is 11.9 Å². The van der Waals surface area contributed by atoms with Gasteiger partial charge in [0.05, 0.1) is 5.92 Å². The van der Waals surface area contributed by atoms with Crippen molar-refractivity contribution in [1.29, 1.82) is 0 Å². The Balaban J connectivity index is 1.87. The predicted molar refractivity (Wildman–Crippen MR) is 58.9 cm³/mol. The summed E-state index contributed by atoms with van der Waals surface area (Å²) in [6, 6.07) is 0. The average Bonchev–Trinajstić information content (AvgIpc) is 2.83. The van der Waals surface area contributed by atoms with Crippen molar-refractivity contribution in [3.63, 3.8) is 0 Å². The van der Waals surface area contributed by atoms with Crippen molar-refractivity contribution in [3.05, 3.63) is 12.2 Å². The van der Waals surface area contributed by atoms with Crippen LogP contribution in [0.3, 0.4) is 0 Å². The second-order valence-corrected chi connectivity index (χ2v) is 5.65. The molecule has 0 N–H and O–H groups in total. The fraction of sp³-hybridized carbons (Fsp3) is 0.692. The Hall–Kier alpha value is -1.32. The Morgan fingerprint density at radius 1 is 1.53 bits per heavy atom. The summed E-state index contributed by atoms with van der Waals surface area (Å²) < 4.78 is 10.9. The molecule has 4 nitrogen and oxygen atoms in total. The highest BCUT2D eigenvalue weighted by atomic mass is 16.6. The molecule has 1 saturated heterocycles. The molecule has 1 heterocycles. The number of hydrogen-bond acceptors (Lipinski definition) is 4. The van der Waals surface area contributed by atoms with E-state index in [1.165, 1.54) is 0 Å². The highest BCUT2D eigenvalue weighted by Gasteiger charge is 2.69. The number of esters is 2. The van der Waals surface area contributed by atoms with Crippen molar-refractivity contribution in [2.75, 3.05) is 0 Å². The standard InChI is InChI=1S/C13H16O4/c1-6(2)11(14)17-13(3)7-4-8-9(5-7)12(15)16-10(8)13/h7-10H,1,4-5H2,2-3H3/t7?,8?,9?,10-,13-/m1/s1. The van der Waals surface area contributed by atoms with Gasteiger partial charge < -0.3 is 9.47 Å². The van der Waals surface area contributed by atoms with Gasteiger partial charge in [-0.3, -0.25) is 4.79 Å². The molecule has 0 aromatic carbocycles. The fourth-order valence-corrected chi connectivity index (χ4v) is 3.65. The first-order valence-corrected chi connectivity index (χ1v) is 6.03. The number of hydrogen-bond donors (Lipinski definition) is 0. The third-order valence-electron chi connectivity index (χ3n) is 4.58. The molecular formula is C13H16O4. The Labute approximate surface area is 100.0 Å². The molecule has 0 radical (unpaired) electrons. The zero-order valence-corrected chi connectivity index (χ0v) is 10.1. The molecule has 0 spiro atoms. The molecule has 0 aromatic rings. The molecule has 17 heavy (non-hydrogen) atoms. The normalized spacial score (nSPS) is 45.9. The van der Waals surface area contributed by atoms with Crippen molar-refractivity contribution < 1.29 is 19.1 Å². The number of carbonyl (C=O) groups excluding carboxylic acids is 2. The van der Waals surface area contributed by atoms with E-state index in [1.54, 1.807) is 6.92 Å². The van der Waals surface area contributed by atoms with Gasteiger partial charge >= 0.3 is 11.9 Å². The van der Waals surface area contributed by atoms with Gasteiger partial charge in [0.25, 0.3) is 0 Å². The lowest BCUT2D eigenvalue weighted by atomic mass is 9.79. The van der Waals surface area contributed by atoms with Crippen molar-refractivity contribution in [3.8, 4) is 0 Å². The van der Waals surface area contributed by atoms with Crippen LogP contribution in [0, 0.1) is 17.8 Å². The number of rotatable bonds is 2. The van der Waals surface area contributed by atoms with E-state index in [-0.39, 0.29) is 35.8 Å². The lowest BCUT2D eigenvalue weighted by Gasteiger charge is -2.36. The smallest absolute Gasteiger partial charge is 0.333 e. The summed E-state index contributed by atoms with van der Waals surface area (Å²) in [7, 11) is 0. The monoisotopic (exact) mass is 236 g/mol. The zero-order chi connectivity index (χ0) is 12.4. The van der Waals surface area contributed by atoms with Gasteiger partial charge in [0.15, 0.2) is 0 Å². The van der Waals surface area contributed by atoms with Crippen LogP contribution in [0.2, 0.25) is 0 Å². The van der Waals surface area contributed by atoms with E-state index in [4.69, 9.17) is 9.47 Å². The van der Waals surface area contributed by atoms with Gasteiger partial charge in [-0.15, -0.1) is 0 Å². The summed E-state index contributed by atoms with van der Waals surface area (Å²) in [5.74, 6) is 0.0337. The van der Waals surface area contributed by atoms with Gasteiger partial charge in [0, 0.05) is 17.4 Å². The topological polar surface area (TPSA) is 52.6 Å². The SMILES string of the molecule is C=C(C)C(=O)O[C@]1(C)C2CC3C(=O)O[C@@H]1C3C2. The second-order valence-electron chi connectivity index (χ2n) is 5.65. The van der Waals surface area contributed by atoms with Crippen molar-refractivity contribution in [2.24, 2.45) is 17.8 Å². The van der Waals surface area contributed by atoms with Gasteiger partial charge in [0.1, 0.15) is 11.7 Å². The molecule has 1 aliphatic heterocycles. The van der Waals surface area contributed by atoms with Crippen LogP contribution in [0.1, 0.15) is 26.7 Å². The van der Waals surface area contributed by atoms with E-state index < -0.39 is 5.60 Å². The maximum atomic E-state index is 11.7. The van der Waals surface area contributed by atoms with Gasteiger partial charge in [0.2, 0.25) is 0 Å². The maximum Gasteiger partial charge on any atom is 0.333 e. The molecule has 5 atom stereocenters.